The molecule has 9 aliphatic rings. The first-order valence-electron chi connectivity index (χ1n) is 15.3. The molecule has 0 aromatic rings. The number of alkyl carbamates (subject to hydrolysis) is 2. The quantitative estimate of drug-likeness (QED) is 0.458. The predicted molar refractivity (Wildman–Crippen MR) is 136 cm³/mol. The summed E-state index contributed by atoms with van der Waals surface area (Å²) in [6.07, 6.45) is 19.1. The van der Waals surface area contributed by atoms with E-state index in [0.717, 1.165) is 99.7 Å². The lowest BCUT2D eigenvalue weighted by Crippen LogP contribution is -2.60. The second-order valence-corrected chi connectivity index (χ2v) is 14.7. The lowest BCUT2D eigenvalue weighted by atomic mass is 9.53. The molecule has 0 atom stereocenters. The topological polar surface area (TPSA) is 76.7 Å². The molecule has 9 saturated carbocycles. The maximum atomic E-state index is 12.7. The van der Waals surface area contributed by atoms with Gasteiger partial charge in [-0.1, -0.05) is 0 Å². The van der Waals surface area contributed by atoms with Gasteiger partial charge in [0.25, 0.3) is 0 Å². The van der Waals surface area contributed by atoms with E-state index < -0.39 is 0 Å². The molecule has 2 N–H and O–H groups in total. The smallest absolute Gasteiger partial charge is 0.407 e. The summed E-state index contributed by atoms with van der Waals surface area (Å²) in [6, 6.07) is 0. The van der Waals surface area contributed by atoms with Crippen LogP contribution >= 0.6 is 0 Å². The van der Waals surface area contributed by atoms with Gasteiger partial charge in [0, 0.05) is 11.1 Å². The van der Waals surface area contributed by atoms with E-state index in [1.807, 2.05) is 0 Å². The highest BCUT2D eigenvalue weighted by Gasteiger charge is 2.53. The Hall–Kier alpha value is -1.46. The molecule has 0 spiro atoms. The van der Waals surface area contributed by atoms with Crippen molar-refractivity contribution < 1.29 is 19.1 Å². The van der Waals surface area contributed by atoms with Crippen molar-refractivity contribution in [3.05, 3.63) is 0 Å². The number of nitrogens with one attached hydrogen (secondary N) is 2. The van der Waals surface area contributed by atoms with Gasteiger partial charge in [0.05, 0.1) is 13.2 Å². The van der Waals surface area contributed by atoms with E-state index in [-0.39, 0.29) is 23.3 Å². The van der Waals surface area contributed by atoms with E-state index in [9.17, 15) is 9.59 Å². The molecule has 0 saturated heterocycles. The summed E-state index contributed by atoms with van der Waals surface area (Å²) >= 11 is 0. The largest absolute Gasteiger partial charge is 0.449 e. The van der Waals surface area contributed by atoms with Crippen molar-refractivity contribution in [3.63, 3.8) is 0 Å². The van der Waals surface area contributed by atoms with Gasteiger partial charge in [-0.3, -0.25) is 0 Å². The van der Waals surface area contributed by atoms with Crippen LogP contribution in [0, 0.1) is 47.3 Å². The van der Waals surface area contributed by atoms with Crippen molar-refractivity contribution in [2.45, 2.75) is 114 Å². The summed E-state index contributed by atoms with van der Waals surface area (Å²) in [6.45, 7) is 1.05. The molecule has 0 aliphatic heterocycles. The van der Waals surface area contributed by atoms with E-state index in [0.29, 0.717) is 25.0 Å². The van der Waals surface area contributed by atoms with Gasteiger partial charge >= 0.3 is 12.2 Å². The van der Waals surface area contributed by atoms with E-state index in [1.165, 1.54) is 38.5 Å². The Morgan fingerprint density at radius 1 is 0.528 bits per heavy atom. The maximum Gasteiger partial charge on any atom is 0.407 e. The Balaban J connectivity index is 0.807. The monoisotopic (exact) mass is 498 g/mol. The van der Waals surface area contributed by atoms with E-state index in [2.05, 4.69) is 10.6 Å². The summed E-state index contributed by atoms with van der Waals surface area (Å²) in [5.41, 5.74) is 0.0508. The molecule has 0 aromatic heterocycles. The minimum Gasteiger partial charge on any atom is -0.449 e. The minimum atomic E-state index is -0.191. The first-order valence-corrected chi connectivity index (χ1v) is 15.3. The fourth-order valence-electron chi connectivity index (χ4n) is 11.0. The van der Waals surface area contributed by atoms with Crippen LogP contribution in [-0.2, 0) is 9.47 Å². The summed E-state index contributed by atoms with van der Waals surface area (Å²) in [5.74, 6) is 5.81. The predicted octanol–water partition coefficient (Wildman–Crippen LogP) is 6.18. The van der Waals surface area contributed by atoms with Crippen LogP contribution in [0.5, 0.6) is 0 Å². The molecule has 2 amide bonds. The van der Waals surface area contributed by atoms with Crippen molar-refractivity contribution in [2.24, 2.45) is 47.3 Å². The third-order valence-corrected chi connectivity index (χ3v) is 11.7. The van der Waals surface area contributed by atoms with Gasteiger partial charge in [-0.15, -0.1) is 0 Å². The lowest BCUT2D eigenvalue weighted by molar-refractivity contribution is -0.0218. The number of carbonyl (C=O) groups excluding carboxylic acids is 2. The van der Waals surface area contributed by atoms with Crippen molar-refractivity contribution in [1.82, 2.24) is 10.6 Å². The van der Waals surface area contributed by atoms with Gasteiger partial charge in [0.1, 0.15) is 0 Å². The first-order chi connectivity index (χ1) is 17.4. The van der Waals surface area contributed by atoms with Gasteiger partial charge in [-0.05, 0) is 150 Å². The lowest BCUT2D eigenvalue weighted by Gasteiger charge is -2.56. The number of hydrogen-bond acceptors (Lipinski definition) is 4. The molecule has 0 radical (unpaired) electrons. The van der Waals surface area contributed by atoms with Gasteiger partial charge < -0.3 is 20.1 Å². The second-order valence-electron chi connectivity index (χ2n) is 14.7. The van der Waals surface area contributed by atoms with E-state index in [4.69, 9.17) is 9.47 Å². The SMILES string of the molecule is O=C(NC12CC3CC(CC(C3)C1)C2)OCC1CCC(COC(=O)NC23CC4CC(CC(C4)C2)C3)CC1. The van der Waals surface area contributed by atoms with E-state index in [1.54, 1.807) is 0 Å². The Morgan fingerprint density at radius 2 is 0.806 bits per heavy atom. The molecule has 36 heavy (non-hydrogen) atoms. The number of hydrogen-bond donors (Lipinski definition) is 2. The normalized spacial score (nSPS) is 48.0. The molecule has 0 unspecified atom stereocenters. The number of rotatable bonds is 6. The molecule has 0 heterocycles. The fraction of sp³-hybridized carbons (Fsp3) is 0.933. The molecule has 6 heteroatoms. The highest BCUT2D eigenvalue weighted by Crippen LogP contribution is 2.56. The van der Waals surface area contributed by atoms with Crippen molar-refractivity contribution in [1.29, 1.82) is 0 Å². The van der Waals surface area contributed by atoms with Crippen molar-refractivity contribution in [3.8, 4) is 0 Å². The van der Waals surface area contributed by atoms with Crippen LogP contribution in [0.2, 0.25) is 0 Å². The molecule has 9 aliphatic carbocycles. The maximum absolute atomic E-state index is 12.7. The van der Waals surface area contributed by atoms with Gasteiger partial charge in [0.2, 0.25) is 0 Å². The zero-order chi connectivity index (χ0) is 24.3. The molecule has 8 bridgehead atoms. The Morgan fingerprint density at radius 3 is 1.08 bits per heavy atom. The third-order valence-electron chi connectivity index (χ3n) is 11.7. The minimum absolute atomic E-state index is 0.0254. The number of ether oxygens (including phenoxy) is 2. The van der Waals surface area contributed by atoms with Crippen LogP contribution in [0.25, 0.3) is 0 Å². The van der Waals surface area contributed by atoms with Gasteiger partial charge in [-0.25, -0.2) is 9.59 Å². The zero-order valence-electron chi connectivity index (χ0n) is 22.0. The van der Waals surface area contributed by atoms with Crippen molar-refractivity contribution in [2.75, 3.05) is 13.2 Å². The van der Waals surface area contributed by atoms with Crippen LogP contribution in [0.15, 0.2) is 0 Å². The summed E-state index contributed by atoms with van der Waals surface area (Å²) < 4.78 is 11.5. The number of carbonyl (C=O) groups is 2. The van der Waals surface area contributed by atoms with Crippen LogP contribution in [0.1, 0.15) is 103 Å². The summed E-state index contributed by atoms with van der Waals surface area (Å²) in [4.78, 5) is 25.4. The highest BCUT2D eigenvalue weighted by atomic mass is 16.6. The van der Waals surface area contributed by atoms with E-state index >= 15 is 0 Å². The fourth-order valence-corrected chi connectivity index (χ4v) is 11.0. The molecule has 0 aromatic carbocycles. The van der Waals surface area contributed by atoms with Crippen LogP contribution < -0.4 is 10.6 Å². The molecule has 9 rings (SSSR count). The molecular formula is C30H46N2O4. The first kappa shape index (κ1) is 23.6. The van der Waals surface area contributed by atoms with Gasteiger partial charge in [0.15, 0.2) is 0 Å². The molecule has 200 valence electrons. The standard InChI is InChI=1S/C30H46N2O4/c33-27(31-29-11-21-5-22(12-29)7-23(6-21)13-29)35-17-19-1-2-20(4-3-19)18-36-28(34)32-30-14-24-8-25(15-30)10-26(9-24)16-30/h19-26H,1-18H2,(H,31,33)(H,32,34). The Labute approximate surface area is 216 Å². The Bertz CT molecular complexity index is 722. The third kappa shape index (κ3) is 4.75. The van der Waals surface area contributed by atoms with Crippen LogP contribution in [0.3, 0.4) is 0 Å². The highest BCUT2D eigenvalue weighted by molar-refractivity contribution is 5.69. The van der Waals surface area contributed by atoms with Crippen LogP contribution in [0.4, 0.5) is 9.59 Å². The molecular weight excluding hydrogens is 452 g/mol. The van der Waals surface area contributed by atoms with Crippen LogP contribution in [-0.4, -0.2) is 36.5 Å². The average Bonchev–Trinajstić information content (AvgIpc) is 2.80. The Kier molecular flexibility index (Phi) is 5.96. The summed E-state index contributed by atoms with van der Waals surface area (Å²) in [7, 11) is 0. The molecule has 9 fully saturated rings. The van der Waals surface area contributed by atoms with Crippen molar-refractivity contribution >= 4 is 12.2 Å². The summed E-state index contributed by atoms with van der Waals surface area (Å²) in [5, 5.41) is 6.67. The zero-order valence-corrected chi connectivity index (χ0v) is 22.0. The van der Waals surface area contributed by atoms with Gasteiger partial charge in [-0.2, -0.15) is 0 Å². The second kappa shape index (κ2) is 9.08. The number of amides is 2. The average molecular weight is 499 g/mol. The molecule has 6 nitrogen and oxygen atoms in total.